The largest absolute Gasteiger partial charge is 0.477 e. The molecule has 0 aromatic carbocycles. The Morgan fingerprint density at radius 1 is 1.25 bits per heavy atom. The second-order valence-electron chi connectivity index (χ2n) is 3.87. The highest BCUT2D eigenvalue weighted by Gasteiger charge is 1.95. The highest BCUT2D eigenvalue weighted by molar-refractivity contribution is 5.04. The molecule has 0 bridgehead atoms. The fourth-order valence-electron chi connectivity index (χ4n) is 1.49. The maximum Gasteiger partial charge on any atom is 0.254 e. The van der Waals surface area contributed by atoms with E-state index in [1.807, 2.05) is 0 Å². The molecule has 16 heavy (non-hydrogen) atoms. The van der Waals surface area contributed by atoms with Gasteiger partial charge in [-0.1, -0.05) is 39.0 Å². The molecular weight excluding hydrogens is 204 g/mol. The average Bonchev–Trinajstić information content (AvgIpc) is 2.28. The van der Waals surface area contributed by atoms with Crippen LogP contribution in [-0.4, -0.2) is 16.6 Å². The first-order valence-electron chi connectivity index (χ1n) is 6.00. The van der Waals surface area contributed by atoms with Gasteiger partial charge in [0, 0.05) is 0 Å². The maximum absolute atomic E-state index is 10.9. The molecule has 0 amide bonds. The van der Waals surface area contributed by atoms with E-state index in [1.165, 1.54) is 44.5 Å². The van der Waals surface area contributed by atoms with Crippen molar-refractivity contribution in [1.82, 2.24) is 9.97 Å². The van der Waals surface area contributed by atoms with Crippen LogP contribution in [0.4, 0.5) is 0 Å². The molecule has 0 radical (unpaired) electrons. The Labute approximate surface area is 96.1 Å². The van der Waals surface area contributed by atoms with Crippen LogP contribution in [0.25, 0.3) is 0 Å². The van der Waals surface area contributed by atoms with Crippen LogP contribution in [0, 0.1) is 0 Å². The fraction of sp³-hybridized carbons (Fsp3) is 0.667. The summed E-state index contributed by atoms with van der Waals surface area (Å²) in [6.45, 7) is 2.85. The molecule has 0 aliphatic heterocycles. The number of ether oxygens (including phenoxy) is 1. The van der Waals surface area contributed by atoms with E-state index in [4.69, 9.17) is 4.74 Å². The van der Waals surface area contributed by atoms with Gasteiger partial charge in [0.25, 0.3) is 5.56 Å². The minimum absolute atomic E-state index is 0.173. The van der Waals surface area contributed by atoms with E-state index in [0.29, 0.717) is 12.5 Å². The van der Waals surface area contributed by atoms with Gasteiger partial charge in [0.2, 0.25) is 5.88 Å². The number of hydrogen-bond donors (Lipinski definition) is 1. The molecule has 90 valence electrons. The minimum atomic E-state index is -0.173. The van der Waals surface area contributed by atoms with Gasteiger partial charge in [-0.2, -0.15) is 0 Å². The molecule has 0 unspecified atom stereocenters. The van der Waals surface area contributed by atoms with Crippen LogP contribution >= 0.6 is 0 Å². The Kier molecular flexibility index (Phi) is 6.30. The molecule has 0 aliphatic carbocycles. The van der Waals surface area contributed by atoms with Gasteiger partial charge in [-0.15, -0.1) is 0 Å². The van der Waals surface area contributed by atoms with Crippen LogP contribution in [-0.2, 0) is 0 Å². The molecule has 0 spiro atoms. The third-order valence-electron chi connectivity index (χ3n) is 2.40. The number of hydrogen-bond acceptors (Lipinski definition) is 3. The van der Waals surface area contributed by atoms with Crippen LogP contribution in [0.1, 0.15) is 45.4 Å². The standard InChI is InChI=1S/C12H20N2O2/c1-2-3-4-5-6-7-8-16-12-9-11(15)13-10-14-12/h9-10H,2-8H2,1H3,(H,13,14,15). The first kappa shape index (κ1) is 12.7. The van der Waals surface area contributed by atoms with Crippen LogP contribution in [0.3, 0.4) is 0 Å². The summed E-state index contributed by atoms with van der Waals surface area (Å²) in [5.74, 6) is 0.414. The molecule has 1 heterocycles. The topological polar surface area (TPSA) is 55.0 Å². The van der Waals surface area contributed by atoms with Gasteiger partial charge in [-0.3, -0.25) is 4.79 Å². The second kappa shape index (κ2) is 7.91. The maximum atomic E-state index is 10.9. The van der Waals surface area contributed by atoms with Gasteiger partial charge in [0.1, 0.15) is 0 Å². The van der Waals surface area contributed by atoms with Gasteiger partial charge in [-0.25, -0.2) is 4.98 Å². The molecule has 0 aliphatic rings. The first-order chi connectivity index (χ1) is 7.83. The summed E-state index contributed by atoms with van der Waals surface area (Å²) >= 11 is 0. The van der Waals surface area contributed by atoms with E-state index in [1.54, 1.807) is 0 Å². The number of aromatic nitrogens is 2. The van der Waals surface area contributed by atoms with E-state index in [2.05, 4.69) is 16.9 Å². The number of rotatable bonds is 8. The summed E-state index contributed by atoms with van der Waals surface area (Å²) in [7, 11) is 0. The van der Waals surface area contributed by atoms with Gasteiger partial charge in [-0.05, 0) is 6.42 Å². The SMILES string of the molecule is CCCCCCCCOc1cc(=O)[nH]cn1. The van der Waals surface area contributed by atoms with Gasteiger partial charge < -0.3 is 9.72 Å². The summed E-state index contributed by atoms with van der Waals surface area (Å²) < 4.78 is 5.36. The van der Waals surface area contributed by atoms with Crippen molar-refractivity contribution >= 4 is 0 Å². The lowest BCUT2D eigenvalue weighted by molar-refractivity contribution is 0.292. The zero-order valence-electron chi connectivity index (χ0n) is 9.87. The van der Waals surface area contributed by atoms with Crippen molar-refractivity contribution in [3.63, 3.8) is 0 Å². The number of nitrogens with zero attached hydrogens (tertiary/aromatic N) is 1. The molecular formula is C12H20N2O2. The highest BCUT2D eigenvalue weighted by Crippen LogP contribution is 2.06. The molecule has 1 aromatic heterocycles. The Hall–Kier alpha value is -1.32. The quantitative estimate of drug-likeness (QED) is 0.690. The third-order valence-corrected chi connectivity index (χ3v) is 2.40. The Morgan fingerprint density at radius 2 is 2.00 bits per heavy atom. The summed E-state index contributed by atoms with van der Waals surface area (Å²) in [6.07, 6.45) is 8.73. The molecule has 0 fully saturated rings. The Bertz CT molecular complexity index is 336. The number of H-pyrrole nitrogens is 1. The van der Waals surface area contributed by atoms with Crippen LogP contribution < -0.4 is 10.3 Å². The summed E-state index contributed by atoms with van der Waals surface area (Å²) in [5.41, 5.74) is -0.173. The third kappa shape index (κ3) is 5.53. The number of aromatic amines is 1. The zero-order valence-corrected chi connectivity index (χ0v) is 9.87. The zero-order chi connectivity index (χ0) is 11.6. The fourth-order valence-corrected chi connectivity index (χ4v) is 1.49. The van der Waals surface area contributed by atoms with Crippen molar-refractivity contribution in [2.24, 2.45) is 0 Å². The normalized spacial score (nSPS) is 10.3. The number of nitrogens with one attached hydrogen (secondary N) is 1. The van der Waals surface area contributed by atoms with Crippen molar-refractivity contribution in [3.05, 3.63) is 22.7 Å². The van der Waals surface area contributed by atoms with Crippen molar-refractivity contribution in [2.75, 3.05) is 6.61 Å². The lowest BCUT2D eigenvalue weighted by Gasteiger charge is -2.03. The van der Waals surface area contributed by atoms with Crippen LogP contribution in [0.15, 0.2) is 17.2 Å². The molecule has 1 aromatic rings. The monoisotopic (exact) mass is 224 g/mol. The molecule has 0 saturated carbocycles. The smallest absolute Gasteiger partial charge is 0.254 e. The lowest BCUT2D eigenvalue weighted by Crippen LogP contribution is -2.07. The highest BCUT2D eigenvalue weighted by atomic mass is 16.5. The Morgan fingerprint density at radius 3 is 2.75 bits per heavy atom. The summed E-state index contributed by atoms with van der Waals surface area (Å²) in [4.78, 5) is 17.3. The van der Waals surface area contributed by atoms with Crippen molar-refractivity contribution in [3.8, 4) is 5.88 Å². The molecule has 4 heteroatoms. The summed E-state index contributed by atoms with van der Waals surface area (Å²) in [6, 6.07) is 1.37. The van der Waals surface area contributed by atoms with Crippen LogP contribution in [0.2, 0.25) is 0 Å². The number of unbranched alkanes of at least 4 members (excludes halogenated alkanes) is 5. The molecule has 0 saturated heterocycles. The minimum Gasteiger partial charge on any atom is -0.477 e. The van der Waals surface area contributed by atoms with Gasteiger partial charge >= 0.3 is 0 Å². The van der Waals surface area contributed by atoms with E-state index < -0.39 is 0 Å². The van der Waals surface area contributed by atoms with E-state index in [9.17, 15) is 4.79 Å². The summed E-state index contributed by atoms with van der Waals surface area (Å²) in [5, 5.41) is 0. The van der Waals surface area contributed by atoms with E-state index in [0.717, 1.165) is 6.42 Å². The molecule has 0 atom stereocenters. The predicted octanol–water partition coefficient (Wildman–Crippen LogP) is 2.51. The second-order valence-corrected chi connectivity index (χ2v) is 3.87. The van der Waals surface area contributed by atoms with Gasteiger partial charge in [0.15, 0.2) is 0 Å². The van der Waals surface area contributed by atoms with Crippen LogP contribution in [0.5, 0.6) is 5.88 Å². The van der Waals surface area contributed by atoms with Crippen molar-refractivity contribution in [2.45, 2.75) is 45.4 Å². The average molecular weight is 224 g/mol. The Balaban J connectivity index is 2.05. The van der Waals surface area contributed by atoms with Crippen molar-refractivity contribution in [1.29, 1.82) is 0 Å². The van der Waals surface area contributed by atoms with Crippen molar-refractivity contribution < 1.29 is 4.74 Å². The van der Waals surface area contributed by atoms with E-state index >= 15 is 0 Å². The molecule has 1 rings (SSSR count). The molecule has 1 N–H and O–H groups in total. The van der Waals surface area contributed by atoms with E-state index in [-0.39, 0.29) is 5.56 Å². The van der Waals surface area contributed by atoms with Gasteiger partial charge in [0.05, 0.1) is 19.0 Å². The first-order valence-corrected chi connectivity index (χ1v) is 6.00. The predicted molar refractivity (Wildman–Crippen MR) is 63.7 cm³/mol. The lowest BCUT2D eigenvalue weighted by atomic mass is 10.1. The molecule has 4 nitrogen and oxygen atoms in total.